The van der Waals surface area contributed by atoms with Gasteiger partial charge in [-0.1, -0.05) is 27.4 Å². The van der Waals surface area contributed by atoms with E-state index in [0.29, 0.717) is 79.0 Å². The number of hydrogen-bond acceptors (Lipinski definition) is 9. The van der Waals surface area contributed by atoms with Crippen molar-refractivity contribution in [3.05, 3.63) is 95.8 Å². The van der Waals surface area contributed by atoms with Crippen LogP contribution in [0.4, 0.5) is 0 Å². The van der Waals surface area contributed by atoms with Crippen LogP contribution in [0.3, 0.4) is 0 Å². The minimum atomic E-state index is -0.523. The monoisotopic (exact) mass is 646 g/mol. The van der Waals surface area contributed by atoms with Crippen molar-refractivity contribution in [3.63, 3.8) is 0 Å². The Balaban J connectivity index is 1.39. The summed E-state index contributed by atoms with van der Waals surface area (Å²) in [6.45, 7) is 13.5. The van der Waals surface area contributed by atoms with Gasteiger partial charge in [-0.15, -0.1) is 0 Å². The zero-order valence-corrected chi connectivity index (χ0v) is 27.9. The standard InChI is InChI=1S/C38H46O9/c1-6-29(5)42-21-7-8-22-43-32-15-11-30(12-16-32)37(40)46-34-19-20-35(28(4)26-34)47-38(41)31-13-17-33(18-14-31)44-23-9-10-24-45-36(39)25-27(2)3/h11-20,26-27H,5-10,21-25H2,1-4H3. The lowest BCUT2D eigenvalue weighted by Crippen LogP contribution is -2.11. The quantitative estimate of drug-likeness (QED) is 0.0519. The molecule has 3 aromatic rings. The van der Waals surface area contributed by atoms with Gasteiger partial charge in [0.1, 0.15) is 23.0 Å². The van der Waals surface area contributed by atoms with Gasteiger partial charge in [0.15, 0.2) is 0 Å². The normalized spacial score (nSPS) is 10.7. The molecular weight excluding hydrogens is 600 g/mol. The maximum Gasteiger partial charge on any atom is 0.343 e. The second kappa shape index (κ2) is 19.7. The summed E-state index contributed by atoms with van der Waals surface area (Å²) in [5, 5.41) is 0. The second-order valence-corrected chi connectivity index (χ2v) is 11.4. The first kappa shape index (κ1) is 36.7. The molecule has 0 saturated carbocycles. The van der Waals surface area contributed by atoms with E-state index in [1.165, 1.54) is 0 Å². The fourth-order valence-corrected chi connectivity index (χ4v) is 4.18. The Morgan fingerprint density at radius 1 is 0.660 bits per heavy atom. The number of aryl methyl sites for hydroxylation is 1. The van der Waals surface area contributed by atoms with Gasteiger partial charge in [-0.25, -0.2) is 9.59 Å². The minimum Gasteiger partial charge on any atom is -0.499 e. The van der Waals surface area contributed by atoms with Gasteiger partial charge in [0.05, 0.1) is 43.3 Å². The van der Waals surface area contributed by atoms with Crippen LogP contribution in [0.25, 0.3) is 0 Å². The Morgan fingerprint density at radius 3 is 1.66 bits per heavy atom. The van der Waals surface area contributed by atoms with Gasteiger partial charge in [0, 0.05) is 12.8 Å². The number of hydrogen-bond donors (Lipinski definition) is 0. The number of benzene rings is 3. The van der Waals surface area contributed by atoms with Crippen molar-refractivity contribution < 1.29 is 42.8 Å². The van der Waals surface area contributed by atoms with Crippen molar-refractivity contribution in [3.8, 4) is 23.0 Å². The molecular formula is C38H46O9. The molecule has 3 rings (SSSR count). The zero-order valence-electron chi connectivity index (χ0n) is 27.9. The van der Waals surface area contributed by atoms with Crippen LogP contribution in [-0.4, -0.2) is 44.3 Å². The molecule has 0 fully saturated rings. The second-order valence-electron chi connectivity index (χ2n) is 11.4. The van der Waals surface area contributed by atoms with Gasteiger partial charge in [0.25, 0.3) is 0 Å². The van der Waals surface area contributed by atoms with Gasteiger partial charge >= 0.3 is 17.9 Å². The van der Waals surface area contributed by atoms with Gasteiger partial charge in [-0.3, -0.25) is 4.79 Å². The van der Waals surface area contributed by atoms with Crippen molar-refractivity contribution in [2.75, 3.05) is 26.4 Å². The van der Waals surface area contributed by atoms with Crippen molar-refractivity contribution in [2.45, 2.75) is 66.2 Å². The summed E-state index contributed by atoms with van der Waals surface area (Å²) in [7, 11) is 0. The molecule has 0 N–H and O–H groups in total. The summed E-state index contributed by atoms with van der Waals surface area (Å²) in [5.41, 5.74) is 1.38. The van der Waals surface area contributed by atoms with E-state index in [9.17, 15) is 14.4 Å². The number of esters is 3. The molecule has 252 valence electrons. The molecule has 0 aromatic heterocycles. The minimum absolute atomic E-state index is 0.176. The van der Waals surface area contributed by atoms with Crippen LogP contribution in [0.1, 0.15) is 85.6 Å². The van der Waals surface area contributed by atoms with Crippen molar-refractivity contribution >= 4 is 17.9 Å². The van der Waals surface area contributed by atoms with Crippen LogP contribution in [0.5, 0.6) is 23.0 Å². The summed E-state index contributed by atoms with van der Waals surface area (Å²) < 4.78 is 33.3. The highest BCUT2D eigenvalue weighted by Gasteiger charge is 2.14. The number of rotatable bonds is 20. The van der Waals surface area contributed by atoms with Crippen LogP contribution < -0.4 is 18.9 Å². The zero-order chi connectivity index (χ0) is 34.0. The predicted octanol–water partition coefficient (Wildman–Crippen LogP) is 8.28. The van der Waals surface area contributed by atoms with Gasteiger partial charge in [0.2, 0.25) is 0 Å². The highest BCUT2D eigenvalue weighted by atomic mass is 16.5. The van der Waals surface area contributed by atoms with E-state index in [2.05, 4.69) is 6.58 Å². The van der Waals surface area contributed by atoms with Gasteiger partial charge < -0.3 is 28.4 Å². The average Bonchev–Trinajstić information content (AvgIpc) is 3.05. The van der Waals surface area contributed by atoms with E-state index in [-0.39, 0.29) is 11.9 Å². The first-order chi connectivity index (χ1) is 22.6. The van der Waals surface area contributed by atoms with E-state index in [1.54, 1.807) is 73.7 Å². The lowest BCUT2D eigenvalue weighted by Gasteiger charge is -2.11. The summed E-state index contributed by atoms with van der Waals surface area (Å²) in [6, 6.07) is 18.2. The molecule has 0 saturated heterocycles. The Kier molecular flexibility index (Phi) is 15.3. The summed E-state index contributed by atoms with van der Waals surface area (Å²) in [4.78, 5) is 37.0. The number of ether oxygens (including phenoxy) is 6. The summed E-state index contributed by atoms with van der Waals surface area (Å²) >= 11 is 0. The number of carbonyl (C=O) groups is 3. The first-order valence-corrected chi connectivity index (χ1v) is 16.1. The molecule has 0 aliphatic heterocycles. The lowest BCUT2D eigenvalue weighted by molar-refractivity contribution is -0.144. The maximum absolute atomic E-state index is 12.7. The number of allylic oxidation sites excluding steroid dienone is 1. The van der Waals surface area contributed by atoms with E-state index in [4.69, 9.17) is 28.4 Å². The molecule has 0 bridgehead atoms. The van der Waals surface area contributed by atoms with Crippen LogP contribution in [0.2, 0.25) is 0 Å². The molecule has 0 aliphatic rings. The third-order valence-electron chi connectivity index (χ3n) is 6.89. The summed E-state index contributed by atoms with van der Waals surface area (Å²) in [6.07, 6.45) is 4.39. The molecule has 0 amide bonds. The fourth-order valence-electron chi connectivity index (χ4n) is 4.18. The first-order valence-electron chi connectivity index (χ1n) is 16.1. The van der Waals surface area contributed by atoms with Crippen LogP contribution in [-0.2, 0) is 14.3 Å². The van der Waals surface area contributed by atoms with Gasteiger partial charge in [-0.2, -0.15) is 0 Å². The Morgan fingerprint density at radius 2 is 1.15 bits per heavy atom. The molecule has 0 atom stereocenters. The number of carbonyl (C=O) groups excluding carboxylic acids is 3. The van der Waals surface area contributed by atoms with E-state index >= 15 is 0 Å². The Bertz CT molecular complexity index is 1440. The maximum atomic E-state index is 12.7. The van der Waals surface area contributed by atoms with E-state index in [0.717, 1.165) is 31.4 Å². The topological polar surface area (TPSA) is 107 Å². The Labute approximate surface area is 277 Å². The van der Waals surface area contributed by atoms with Gasteiger partial charge in [-0.05, 0) is 111 Å². The van der Waals surface area contributed by atoms with Crippen molar-refractivity contribution in [1.29, 1.82) is 0 Å². The highest BCUT2D eigenvalue weighted by Crippen LogP contribution is 2.26. The Hall–Kier alpha value is -4.79. The molecule has 0 radical (unpaired) electrons. The molecule has 0 aliphatic carbocycles. The van der Waals surface area contributed by atoms with E-state index < -0.39 is 11.9 Å². The van der Waals surface area contributed by atoms with Crippen LogP contribution in [0, 0.1) is 12.8 Å². The van der Waals surface area contributed by atoms with Crippen molar-refractivity contribution in [1.82, 2.24) is 0 Å². The van der Waals surface area contributed by atoms with Crippen molar-refractivity contribution in [2.24, 2.45) is 5.92 Å². The molecule has 47 heavy (non-hydrogen) atoms. The molecule has 0 heterocycles. The van der Waals surface area contributed by atoms with Crippen LogP contribution >= 0.6 is 0 Å². The smallest absolute Gasteiger partial charge is 0.343 e. The molecule has 3 aromatic carbocycles. The van der Waals surface area contributed by atoms with Crippen LogP contribution in [0.15, 0.2) is 79.1 Å². The lowest BCUT2D eigenvalue weighted by atomic mass is 10.1. The SMILES string of the molecule is C=C(CC)OCCCCOc1ccc(C(=O)Oc2ccc(OC(=O)c3ccc(OCCCCOC(=O)CC(C)C)cc3)c(C)c2)cc1. The largest absolute Gasteiger partial charge is 0.499 e. The molecule has 0 spiro atoms. The molecule has 9 nitrogen and oxygen atoms in total. The number of unbranched alkanes of at least 4 members (excludes halogenated alkanes) is 2. The third kappa shape index (κ3) is 13.6. The van der Waals surface area contributed by atoms with E-state index in [1.807, 2.05) is 20.8 Å². The summed E-state index contributed by atoms with van der Waals surface area (Å²) in [5.74, 6) is 1.83. The fraction of sp³-hybridized carbons (Fsp3) is 0.395. The average molecular weight is 647 g/mol. The molecule has 0 unspecified atom stereocenters. The highest BCUT2D eigenvalue weighted by molar-refractivity contribution is 5.92. The third-order valence-corrected chi connectivity index (χ3v) is 6.89. The predicted molar refractivity (Wildman–Crippen MR) is 179 cm³/mol. The molecule has 9 heteroatoms.